The number of carbonyl (C=O) groups excluding carboxylic acids is 3. The fourth-order valence-corrected chi connectivity index (χ4v) is 4.52. The third-order valence-electron chi connectivity index (χ3n) is 6.31. The number of ether oxygens (including phenoxy) is 2. The van der Waals surface area contributed by atoms with Crippen molar-refractivity contribution in [3.63, 3.8) is 0 Å². The fourth-order valence-electron chi connectivity index (χ4n) is 4.52. The average molecular weight is 483 g/mol. The van der Waals surface area contributed by atoms with Crippen molar-refractivity contribution in [2.45, 2.75) is 26.0 Å². The Balaban J connectivity index is 1.58. The number of halogens is 1. The van der Waals surface area contributed by atoms with Crippen LogP contribution in [0.5, 0.6) is 5.88 Å². The van der Waals surface area contributed by atoms with Crippen LogP contribution in [0.15, 0.2) is 36.5 Å². The van der Waals surface area contributed by atoms with Crippen molar-refractivity contribution in [3.05, 3.63) is 59.0 Å². The average Bonchev–Trinajstić information content (AvgIpc) is 3.21. The summed E-state index contributed by atoms with van der Waals surface area (Å²) in [6.45, 7) is 1.17. The van der Waals surface area contributed by atoms with Gasteiger partial charge in [0.05, 0.1) is 12.7 Å². The lowest BCUT2D eigenvalue weighted by Crippen LogP contribution is -2.39. The topological polar surface area (TPSA) is 117 Å². The van der Waals surface area contributed by atoms with E-state index in [1.54, 1.807) is 21.6 Å². The molecule has 4 rings (SSSR count). The quantitative estimate of drug-likeness (QED) is 0.390. The van der Waals surface area contributed by atoms with Gasteiger partial charge in [-0.3, -0.25) is 14.4 Å². The van der Waals surface area contributed by atoms with Crippen molar-refractivity contribution in [3.8, 4) is 5.88 Å². The summed E-state index contributed by atoms with van der Waals surface area (Å²) in [5, 5.41) is 0.321. The molecule has 1 aliphatic heterocycles. The van der Waals surface area contributed by atoms with Crippen LogP contribution in [-0.2, 0) is 22.7 Å². The highest BCUT2D eigenvalue weighted by Crippen LogP contribution is 2.30. The number of hydrogen-bond acceptors (Lipinski definition) is 6. The van der Waals surface area contributed by atoms with Gasteiger partial charge in [0, 0.05) is 31.8 Å². The highest BCUT2D eigenvalue weighted by Gasteiger charge is 2.29. The van der Waals surface area contributed by atoms with E-state index in [9.17, 15) is 18.8 Å². The van der Waals surface area contributed by atoms with Gasteiger partial charge in [0.25, 0.3) is 17.6 Å². The van der Waals surface area contributed by atoms with Gasteiger partial charge in [-0.1, -0.05) is 12.1 Å². The maximum absolute atomic E-state index is 13.4. The summed E-state index contributed by atoms with van der Waals surface area (Å²) in [7, 11) is 2.90. The van der Waals surface area contributed by atoms with Crippen molar-refractivity contribution in [1.82, 2.24) is 14.5 Å². The summed E-state index contributed by atoms with van der Waals surface area (Å²) in [5.41, 5.74) is 6.87. The van der Waals surface area contributed by atoms with Gasteiger partial charge in [-0.25, -0.2) is 4.39 Å². The molecule has 1 fully saturated rings. The molecule has 3 aromatic rings. The number of carbonyl (C=O) groups is 3. The number of ketones is 1. The first-order valence-corrected chi connectivity index (χ1v) is 11.3. The zero-order chi connectivity index (χ0) is 25.1. The second-order valence-corrected chi connectivity index (χ2v) is 8.61. The Morgan fingerprint density at radius 1 is 1.11 bits per heavy atom. The monoisotopic (exact) mass is 482 g/mol. The zero-order valence-electron chi connectivity index (χ0n) is 19.6. The Morgan fingerprint density at radius 3 is 2.40 bits per heavy atom. The second-order valence-electron chi connectivity index (χ2n) is 8.61. The van der Waals surface area contributed by atoms with Crippen molar-refractivity contribution in [2.24, 2.45) is 11.7 Å². The van der Waals surface area contributed by atoms with E-state index in [0.717, 1.165) is 24.8 Å². The minimum absolute atomic E-state index is 0.0479. The molecule has 0 radical (unpaired) electrons. The molecule has 2 amide bonds. The first kappa shape index (κ1) is 24.3. The number of Topliss-reactive ketones (excluding diaryl/α,β-unsaturated/α-hetero) is 1. The largest absolute Gasteiger partial charge is 0.480 e. The number of likely N-dealkylation sites (tertiary alicyclic amines) is 1. The standard InChI is InChI=1S/C25H27FN4O5/c1-34-14-30-13-20(21(31)22(27)32)18-12-19(24(35-2)28-23(18)30)25(33)29-9-7-16(8-10-29)11-15-3-5-17(26)6-4-15/h3-6,12-13,16H,7-11,14H2,1-2H3,(H2,27,32). The van der Waals surface area contributed by atoms with E-state index < -0.39 is 11.7 Å². The number of benzene rings is 1. The third-order valence-corrected chi connectivity index (χ3v) is 6.31. The van der Waals surface area contributed by atoms with E-state index >= 15 is 0 Å². The minimum Gasteiger partial charge on any atom is -0.480 e. The van der Waals surface area contributed by atoms with Crippen LogP contribution < -0.4 is 10.5 Å². The Bertz CT molecular complexity index is 1260. The number of methoxy groups -OCH3 is 2. The highest BCUT2D eigenvalue weighted by molar-refractivity contribution is 6.44. The van der Waals surface area contributed by atoms with Gasteiger partial charge in [-0.05, 0) is 48.9 Å². The number of hydrogen-bond donors (Lipinski definition) is 1. The summed E-state index contributed by atoms with van der Waals surface area (Å²) in [5.74, 6) is -2.01. The van der Waals surface area contributed by atoms with Gasteiger partial charge in [0.1, 0.15) is 23.8 Å². The summed E-state index contributed by atoms with van der Waals surface area (Å²) in [4.78, 5) is 43.6. The Labute approximate surface area is 201 Å². The number of fused-ring (bicyclic) bond motifs is 1. The molecule has 0 atom stereocenters. The lowest BCUT2D eigenvalue weighted by Gasteiger charge is -2.32. The normalized spacial score (nSPS) is 14.3. The maximum atomic E-state index is 13.4. The number of rotatable bonds is 8. The van der Waals surface area contributed by atoms with Gasteiger partial charge in [0.15, 0.2) is 0 Å². The Kier molecular flexibility index (Phi) is 7.11. The van der Waals surface area contributed by atoms with Crippen molar-refractivity contribution in [1.29, 1.82) is 0 Å². The molecule has 0 bridgehead atoms. The van der Waals surface area contributed by atoms with E-state index in [4.69, 9.17) is 15.2 Å². The SMILES string of the molecule is COCn1cc(C(=O)C(N)=O)c2cc(C(=O)N3CCC(Cc4ccc(F)cc4)CC3)c(OC)nc21. The van der Waals surface area contributed by atoms with Crippen LogP contribution in [-0.4, -0.2) is 59.4 Å². The Hall–Kier alpha value is -3.79. The van der Waals surface area contributed by atoms with Gasteiger partial charge in [0.2, 0.25) is 5.88 Å². The Morgan fingerprint density at radius 2 is 1.80 bits per heavy atom. The predicted molar refractivity (Wildman–Crippen MR) is 126 cm³/mol. The fraction of sp³-hybridized carbons (Fsp3) is 0.360. The van der Waals surface area contributed by atoms with Crippen molar-refractivity contribution in [2.75, 3.05) is 27.3 Å². The van der Waals surface area contributed by atoms with E-state index in [1.165, 1.54) is 38.6 Å². The van der Waals surface area contributed by atoms with Gasteiger partial charge >= 0.3 is 0 Å². The molecule has 1 saturated heterocycles. The van der Waals surface area contributed by atoms with Crippen LogP contribution in [0, 0.1) is 11.7 Å². The molecule has 0 unspecified atom stereocenters. The van der Waals surface area contributed by atoms with Crippen LogP contribution in [0.25, 0.3) is 11.0 Å². The van der Waals surface area contributed by atoms with Crippen LogP contribution in [0.1, 0.15) is 39.1 Å². The van der Waals surface area contributed by atoms with E-state index in [-0.39, 0.29) is 35.5 Å². The molecule has 0 saturated carbocycles. The van der Waals surface area contributed by atoms with E-state index in [2.05, 4.69) is 4.98 Å². The van der Waals surface area contributed by atoms with Crippen LogP contribution >= 0.6 is 0 Å². The first-order valence-electron chi connectivity index (χ1n) is 11.3. The predicted octanol–water partition coefficient (Wildman–Crippen LogP) is 2.55. The lowest BCUT2D eigenvalue weighted by molar-refractivity contribution is -0.114. The molecule has 1 aliphatic rings. The minimum atomic E-state index is -1.10. The van der Waals surface area contributed by atoms with Crippen LogP contribution in [0.4, 0.5) is 4.39 Å². The smallest absolute Gasteiger partial charge is 0.289 e. The molecule has 1 aromatic carbocycles. The molecular weight excluding hydrogens is 455 g/mol. The van der Waals surface area contributed by atoms with Gasteiger partial charge in [-0.15, -0.1) is 0 Å². The van der Waals surface area contributed by atoms with Crippen molar-refractivity contribution >= 4 is 28.6 Å². The number of piperidine rings is 1. The molecule has 9 nitrogen and oxygen atoms in total. The molecule has 10 heteroatoms. The molecule has 3 heterocycles. The van der Waals surface area contributed by atoms with Gasteiger partial charge < -0.3 is 24.7 Å². The maximum Gasteiger partial charge on any atom is 0.289 e. The number of amides is 2. The summed E-state index contributed by atoms with van der Waals surface area (Å²) >= 11 is 0. The van der Waals surface area contributed by atoms with Gasteiger partial charge in [-0.2, -0.15) is 4.98 Å². The molecule has 2 N–H and O–H groups in total. The summed E-state index contributed by atoms with van der Waals surface area (Å²) in [6, 6.07) is 8.02. The zero-order valence-corrected chi connectivity index (χ0v) is 19.6. The summed E-state index contributed by atoms with van der Waals surface area (Å²) in [6.07, 6.45) is 3.86. The number of pyridine rings is 1. The van der Waals surface area contributed by atoms with E-state index in [0.29, 0.717) is 30.0 Å². The first-order chi connectivity index (χ1) is 16.8. The van der Waals surface area contributed by atoms with E-state index in [1.807, 2.05) is 0 Å². The number of primary amides is 1. The van der Waals surface area contributed by atoms with Crippen LogP contribution in [0.2, 0.25) is 0 Å². The number of nitrogens with two attached hydrogens (primary N) is 1. The summed E-state index contributed by atoms with van der Waals surface area (Å²) < 4.78 is 25.3. The molecule has 184 valence electrons. The lowest BCUT2D eigenvalue weighted by atomic mass is 9.90. The molecule has 2 aromatic heterocycles. The van der Waals surface area contributed by atoms with Crippen LogP contribution in [0.3, 0.4) is 0 Å². The molecule has 35 heavy (non-hydrogen) atoms. The number of nitrogens with zero attached hydrogens (tertiary/aromatic N) is 3. The van der Waals surface area contributed by atoms with Crippen molar-refractivity contribution < 1.29 is 28.2 Å². The third kappa shape index (κ3) is 5.02. The molecule has 0 aliphatic carbocycles. The highest BCUT2D eigenvalue weighted by atomic mass is 19.1. The second kappa shape index (κ2) is 10.2. The number of aromatic nitrogens is 2. The molecular formula is C25H27FN4O5. The molecule has 0 spiro atoms.